The van der Waals surface area contributed by atoms with Crippen molar-refractivity contribution in [1.29, 1.82) is 0 Å². The molecule has 1 amide bonds. The molecule has 0 fully saturated rings. The molecule has 31 heavy (non-hydrogen) atoms. The molecule has 1 aliphatic rings. The van der Waals surface area contributed by atoms with Gasteiger partial charge in [0.2, 0.25) is 11.1 Å². The fraction of sp³-hybridized carbons (Fsp3) is 0.286. The number of thioether (sulfide) groups is 1. The Kier molecular flexibility index (Phi) is 5.65. The number of hydrogen-bond donors (Lipinski definition) is 2. The van der Waals surface area contributed by atoms with E-state index in [1.54, 1.807) is 4.68 Å². The van der Waals surface area contributed by atoms with E-state index in [-0.39, 0.29) is 5.69 Å². The van der Waals surface area contributed by atoms with Gasteiger partial charge in [0, 0.05) is 6.42 Å². The first-order valence-electron chi connectivity index (χ1n) is 9.69. The zero-order valence-electron chi connectivity index (χ0n) is 16.8. The van der Waals surface area contributed by atoms with Gasteiger partial charge in [-0.3, -0.25) is 4.79 Å². The van der Waals surface area contributed by atoms with Crippen LogP contribution in [-0.4, -0.2) is 26.0 Å². The lowest BCUT2D eigenvalue weighted by Crippen LogP contribution is -2.41. The molecule has 0 bridgehead atoms. The molecule has 1 aliphatic heterocycles. The summed E-state index contributed by atoms with van der Waals surface area (Å²) >= 11 is 1.17. The summed E-state index contributed by atoms with van der Waals surface area (Å²) in [5, 5.41) is 10.5. The van der Waals surface area contributed by atoms with E-state index in [1.807, 2.05) is 38.1 Å². The standard InChI is InChI=1S/C21H20F3N5OS/c1-3-16-26-27-20-29(16)28-17(13-10-8-12(2)9-11-13)18(31-20)19(30)25-15-7-5-4-6-14(15)21(22,23)24/h4-11,17-18,28H,3H2,1-2H3,(H,25,30)/t17-,18+/m1/s1. The first-order chi connectivity index (χ1) is 14.8. The van der Waals surface area contributed by atoms with E-state index in [9.17, 15) is 18.0 Å². The topological polar surface area (TPSA) is 71.8 Å². The molecule has 0 aliphatic carbocycles. The number of halogens is 3. The number of aryl methyl sites for hydroxylation is 2. The number of rotatable bonds is 4. The number of hydrogen-bond acceptors (Lipinski definition) is 5. The van der Waals surface area contributed by atoms with E-state index in [4.69, 9.17) is 0 Å². The summed E-state index contributed by atoms with van der Waals surface area (Å²) in [6.45, 7) is 3.90. The van der Waals surface area contributed by atoms with Crippen LogP contribution in [0.15, 0.2) is 53.7 Å². The van der Waals surface area contributed by atoms with Crippen LogP contribution in [0.25, 0.3) is 0 Å². The maximum absolute atomic E-state index is 13.4. The molecule has 0 unspecified atom stereocenters. The normalized spacial score (nSPS) is 18.2. The minimum Gasteiger partial charge on any atom is -0.324 e. The molecule has 1 aromatic heterocycles. The fourth-order valence-corrected chi connectivity index (χ4v) is 4.49. The number of benzene rings is 2. The van der Waals surface area contributed by atoms with Crippen molar-refractivity contribution in [3.8, 4) is 0 Å². The molecule has 10 heteroatoms. The third-order valence-electron chi connectivity index (χ3n) is 5.01. The van der Waals surface area contributed by atoms with E-state index in [1.165, 1.54) is 30.0 Å². The molecule has 6 nitrogen and oxygen atoms in total. The summed E-state index contributed by atoms with van der Waals surface area (Å²) in [6, 6.07) is 12.1. The smallest absolute Gasteiger partial charge is 0.324 e. The SMILES string of the molecule is CCc1nnc2n1N[C@H](c1ccc(C)cc1)[C@@H](C(=O)Nc1ccccc1C(F)(F)F)S2. The average molecular weight is 447 g/mol. The maximum atomic E-state index is 13.4. The van der Waals surface area contributed by atoms with E-state index in [0.717, 1.165) is 17.2 Å². The molecule has 0 spiro atoms. The first-order valence-corrected chi connectivity index (χ1v) is 10.6. The molecule has 0 saturated heterocycles. The summed E-state index contributed by atoms with van der Waals surface area (Å²) in [6.07, 6.45) is -3.94. The molecule has 0 saturated carbocycles. The summed E-state index contributed by atoms with van der Waals surface area (Å²) in [7, 11) is 0. The molecule has 2 atom stereocenters. The van der Waals surface area contributed by atoms with Crippen LogP contribution in [0.4, 0.5) is 18.9 Å². The quantitative estimate of drug-likeness (QED) is 0.613. The van der Waals surface area contributed by atoms with Gasteiger partial charge >= 0.3 is 6.18 Å². The predicted molar refractivity (Wildman–Crippen MR) is 112 cm³/mol. The van der Waals surface area contributed by atoms with Crippen molar-refractivity contribution >= 4 is 23.4 Å². The Bertz CT molecular complexity index is 1100. The molecule has 2 N–H and O–H groups in total. The van der Waals surface area contributed by atoms with Crippen molar-refractivity contribution in [2.24, 2.45) is 0 Å². The van der Waals surface area contributed by atoms with E-state index in [0.29, 0.717) is 17.4 Å². The van der Waals surface area contributed by atoms with Crippen molar-refractivity contribution in [1.82, 2.24) is 14.9 Å². The molecule has 3 aromatic rings. The van der Waals surface area contributed by atoms with Crippen molar-refractivity contribution in [2.45, 2.75) is 42.9 Å². The second-order valence-electron chi connectivity index (χ2n) is 7.18. The van der Waals surface area contributed by atoms with Crippen molar-refractivity contribution in [3.05, 3.63) is 71.0 Å². The average Bonchev–Trinajstić information content (AvgIpc) is 3.15. The Morgan fingerprint density at radius 3 is 2.55 bits per heavy atom. The van der Waals surface area contributed by atoms with Gasteiger partial charge < -0.3 is 10.7 Å². The molecular weight excluding hydrogens is 427 g/mol. The number of nitrogens with one attached hydrogen (secondary N) is 2. The van der Waals surface area contributed by atoms with E-state index < -0.39 is 28.9 Å². The lowest BCUT2D eigenvalue weighted by atomic mass is 10.0. The van der Waals surface area contributed by atoms with Gasteiger partial charge in [-0.05, 0) is 24.6 Å². The summed E-state index contributed by atoms with van der Waals surface area (Å²) in [5.41, 5.74) is 4.02. The molecule has 2 heterocycles. The highest BCUT2D eigenvalue weighted by Crippen LogP contribution is 2.39. The van der Waals surface area contributed by atoms with E-state index >= 15 is 0 Å². The number of amides is 1. The highest BCUT2D eigenvalue weighted by Gasteiger charge is 2.39. The van der Waals surface area contributed by atoms with Crippen LogP contribution >= 0.6 is 11.8 Å². The zero-order valence-corrected chi connectivity index (χ0v) is 17.6. The second-order valence-corrected chi connectivity index (χ2v) is 8.28. The van der Waals surface area contributed by atoms with Gasteiger partial charge in [-0.1, -0.05) is 60.6 Å². The van der Waals surface area contributed by atoms with Crippen LogP contribution in [0.2, 0.25) is 0 Å². The van der Waals surface area contributed by atoms with Gasteiger partial charge in [-0.15, -0.1) is 10.2 Å². The third-order valence-corrected chi connectivity index (χ3v) is 6.22. The van der Waals surface area contributed by atoms with Crippen molar-refractivity contribution in [2.75, 3.05) is 10.7 Å². The molecule has 0 radical (unpaired) electrons. The lowest BCUT2D eigenvalue weighted by Gasteiger charge is -2.33. The summed E-state index contributed by atoms with van der Waals surface area (Å²) in [5.74, 6) is 0.160. The van der Waals surface area contributed by atoms with Gasteiger partial charge in [0.05, 0.1) is 17.3 Å². The minimum atomic E-state index is -4.58. The summed E-state index contributed by atoms with van der Waals surface area (Å²) in [4.78, 5) is 13.2. The minimum absolute atomic E-state index is 0.274. The van der Waals surface area contributed by atoms with Gasteiger partial charge in [0.15, 0.2) is 5.82 Å². The van der Waals surface area contributed by atoms with Crippen LogP contribution in [0.3, 0.4) is 0 Å². The predicted octanol–water partition coefficient (Wildman–Crippen LogP) is 4.57. The Hall–Kier alpha value is -3.01. The summed E-state index contributed by atoms with van der Waals surface area (Å²) < 4.78 is 41.8. The molecular formula is C21H20F3N5OS. The molecule has 162 valence electrons. The van der Waals surface area contributed by atoms with Crippen LogP contribution in [-0.2, 0) is 17.4 Å². The highest BCUT2D eigenvalue weighted by molar-refractivity contribution is 8.00. The fourth-order valence-electron chi connectivity index (χ4n) is 3.39. The van der Waals surface area contributed by atoms with Crippen LogP contribution in [0.5, 0.6) is 0 Å². The maximum Gasteiger partial charge on any atom is 0.418 e. The van der Waals surface area contributed by atoms with Gasteiger partial charge in [-0.2, -0.15) is 13.2 Å². The monoisotopic (exact) mass is 447 g/mol. The highest BCUT2D eigenvalue weighted by atomic mass is 32.2. The number of aromatic nitrogens is 3. The number of para-hydroxylation sites is 1. The zero-order chi connectivity index (χ0) is 22.2. The largest absolute Gasteiger partial charge is 0.418 e. The van der Waals surface area contributed by atoms with Crippen molar-refractivity contribution < 1.29 is 18.0 Å². The van der Waals surface area contributed by atoms with Gasteiger partial charge in [-0.25, -0.2) is 4.68 Å². The number of carbonyl (C=O) groups is 1. The van der Waals surface area contributed by atoms with Crippen LogP contribution in [0, 0.1) is 6.92 Å². The number of alkyl halides is 3. The Morgan fingerprint density at radius 1 is 1.16 bits per heavy atom. The van der Waals surface area contributed by atoms with Crippen molar-refractivity contribution in [3.63, 3.8) is 0 Å². The number of anilines is 1. The van der Waals surface area contributed by atoms with Gasteiger partial charge in [0.25, 0.3) is 0 Å². The van der Waals surface area contributed by atoms with Crippen LogP contribution in [0.1, 0.15) is 35.5 Å². The molecule has 4 rings (SSSR count). The number of nitrogens with zero attached hydrogens (tertiary/aromatic N) is 3. The number of fused-ring (bicyclic) bond motifs is 1. The Balaban J connectivity index is 1.69. The van der Waals surface area contributed by atoms with Crippen LogP contribution < -0.4 is 10.7 Å². The Labute approximate surface area is 181 Å². The molecule has 2 aromatic carbocycles. The van der Waals surface area contributed by atoms with Gasteiger partial charge in [0.1, 0.15) is 5.25 Å². The third kappa shape index (κ3) is 4.25. The number of carbonyl (C=O) groups excluding carboxylic acids is 1. The first kappa shape index (κ1) is 21.2. The second kappa shape index (κ2) is 8.26. The lowest BCUT2D eigenvalue weighted by molar-refractivity contribution is -0.137. The van der Waals surface area contributed by atoms with E-state index in [2.05, 4.69) is 20.9 Å². The Morgan fingerprint density at radius 2 is 1.87 bits per heavy atom.